The van der Waals surface area contributed by atoms with Crippen molar-refractivity contribution in [2.75, 3.05) is 26.3 Å². The largest absolute Gasteiger partial charge is 0.622 e. The van der Waals surface area contributed by atoms with Gasteiger partial charge < -0.3 is 15.1 Å². The zero-order valence-electron chi connectivity index (χ0n) is 12.6. The Morgan fingerprint density at radius 1 is 1.32 bits per heavy atom. The second-order valence-electron chi connectivity index (χ2n) is 6.27. The zero-order chi connectivity index (χ0) is 15.4. The first-order chi connectivity index (χ1) is 10.6. The summed E-state index contributed by atoms with van der Waals surface area (Å²) in [6, 6.07) is 0. The van der Waals surface area contributed by atoms with Crippen LogP contribution in [0.2, 0.25) is 0 Å². The fraction of sp³-hybridized carbons (Fsp3) is 0.786. The van der Waals surface area contributed by atoms with Crippen molar-refractivity contribution in [2.24, 2.45) is 0 Å². The number of morpholine rings is 1. The minimum absolute atomic E-state index is 0.302. The van der Waals surface area contributed by atoms with Gasteiger partial charge in [-0.25, -0.2) is 9.53 Å². The summed E-state index contributed by atoms with van der Waals surface area (Å²) in [4.78, 5) is 2.14. The Balaban J connectivity index is 1.80. The van der Waals surface area contributed by atoms with Gasteiger partial charge in [-0.3, -0.25) is 0 Å². The molecule has 120 valence electrons. The van der Waals surface area contributed by atoms with Gasteiger partial charge in [0, 0.05) is 32.4 Å². The highest BCUT2D eigenvalue weighted by atomic mass is 16.6. The normalized spacial score (nSPS) is 35.5. The molecule has 2 atom stereocenters. The van der Waals surface area contributed by atoms with Gasteiger partial charge in [0.15, 0.2) is 5.69 Å². The van der Waals surface area contributed by atoms with Gasteiger partial charge in [0.1, 0.15) is 5.69 Å². The summed E-state index contributed by atoms with van der Waals surface area (Å²) in [6.45, 7) is 4.60. The smallest absolute Gasteiger partial charge is 0.232 e. The molecule has 4 rings (SSSR count). The average Bonchev–Trinajstić information content (AvgIpc) is 3.11. The van der Waals surface area contributed by atoms with E-state index in [0.29, 0.717) is 69.1 Å². The van der Waals surface area contributed by atoms with E-state index >= 15 is 0 Å². The quantitative estimate of drug-likeness (QED) is 0.606. The van der Waals surface area contributed by atoms with Gasteiger partial charge in [-0.1, -0.05) is 17.2 Å². The van der Waals surface area contributed by atoms with Crippen LogP contribution in [-0.2, 0) is 16.8 Å². The van der Waals surface area contributed by atoms with Crippen LogP contribution in [-0.4, -0.2) is 62.7 Å². The molecule has 1 fully saturated rings. The Kier molecular flexibility index (Phi) is 3.04. The molecule has 1 saturated heterocycles. The maximum atomic E-state index is 13.1. The Morgan fingerprint density at radius 3 is 2.82 bits per heavy atom. The summed E-state index contributed by atoms with van der Waals surface area (Å²) >= 11 is 0. The number of aliphatic hydroxyl groups is 1. The highest BCUT2D eigenvalue weighted by molar-refractivity contribution is 5.92. The minimum Gasteiger partial charge on any atom is -0.622 e. The summed E-state index contributed by atoms with van der Waals surface area (Å²) in [6.07, 6.45) is 2.00. The number of nitrogens with zero attached hydrogens (tertiary/aromatic N) is 4. The lowest BCUT2D eigenvalue weighted by atomic mass is 9.80. The lowest BCUT2D eigenvalue weighted by Gasteiger charge is -2.40. The van der Waals surface area contributed by atoms with Gasteiger partial charge in [-0.05, 0) is 0 Å². The highest BCUT2D eigenvalue weighted by Gasteiger charge is 2.64. The van der Waals surface area contributed by atoms with Gasteiger partial charge in [0.25, 0.3) is 0 Å². The Hall–Kier alpha value is -1.51. The highest BCUT2D eigenvalue weighted by Crippen LogP contribution is 2.46. The molecule has 0 radical (unpaired) electrons. The standard InChI is InChI=1S/C14H20N4O4/c1-2-13(17-5-7-21-8-6-17)9-14(19)11(18(13)20)4-3-10-12(14)16-22-15-10/h19H,2-9H2,1H3/t13-,14+/m0/s1. The number of hydroxylamine groups is 1. The van der Waals surface area contributed by atoms with E-state index in [0.717, 1.165) is 4.74 Å². The summed E-state index contributed by atoms with van der Waals surface area (Å²) in [5.41, 5.74) is -0.534. The second-order valence-corrected chi connectivity index (χ2v) is 6.27. The molecule has 0 spiro atoms. The van der Waals surface area contributed by atoms with Crippen molar-refractivity contribution in [3.05, 3.63) is 16.6 Å². The first-order valence-corrected chi connectivity index (χ1v) is 7.82. The monoisotopic (exact) mass is 308 g/mol. The van der Waals surface area contributed by atoms with Gasteiger partial charge in [-0.2, -0.15) is 4.74 Å². The van der Waals surface area contributed by atoms with Gasteiger partial charge in [-0.15, -0.1) is 0 Å². The molecule has 1 N–H and O–H groups in total. The van der Waals surface area contributed by atoms with Crippen molar-refractivity contribution in [3.8, 4) is 0 Å². The molecular formula is C14H20N4O4. The first kappa shape index (κ1) is 14.1. The molecule has 2 aliphatic heterocycles. The molecule has 0 bridgehead atoms. The molecule has 8 nitrogen and oxygen atoms in total. The summed E-state index contributed by atoms with van der Waals surface area (Å²) < 4.78 is 11.2. The van der Waals surface area contributed by atoms with Crippen LogP contribution < -0.4 is 0 Å². The average molecular weight is 308 g/mol. The fourth-order valence-corrected chi connectivity index (χ4v) is 4.17. The molecule has 22 heavy (non-hydrogen) atoms. The number of aryl methyl sites for hydroxylation is 1. The van der Waals surface area contributed by atoms with Crippen molar-refractivity contribution in [1.82, 2.24) is 15.2 Å². The Bertz CT molecular complexity index is 624. The van der Waals surface area contributed by atoms with Crippen LogP contribution >= 0.6 is 0 Å². The predicted octanol–water partition coefficient (Wildman–Crippen LogP) is -0.00310. The lowest BCUT2D eigenvalue weighted by Crippen LogP contribution is -2.57. The van der Waals surface area contributed by atoms with Crippen LogP contribution in [0, 0.1) is 5.21 Å². The molecule has 0 unspecified atom stereocenters. The van der Waals surface area contributed by atoms with Crippen molar-refractivity contribution in [1.29, 1.82) is 0 Å². The summed E-state index contributed by atoms with van der Waals surface area (Å²) in [7, 11) is 0. The van der Waals surface area contributed by atoms with E-state index in [1.807, 2.05) is 6.92 Å². The van der Waals surface area contributed by atoms with E-state index < -0.39 is 11.3 Å². The van der Waals surface area contributed by atoms with Crippen LogP contribution in [0.15, 0.2) is 4.63 Å². The third kappa shape index (κ3) is 1.65. The third-order valence-corrected chi connectivity index (χ3v) is 5.35. The molecule has 0 amide bonds. The summed E-state index contributed by atoms with van der Waals surface area (Å²) in [5, 5.41) is 32.1. The minimum atomic E-state index is -1.36. The van der Waals surface area contributed by atoms with Gasteiger partial charge >= 0.3 is 0 Å². The maximum absolute atomic E-state index is 13.1. The van der Waals surface area contributed by atoms with Crippen molar-refractivity contribution < 1.29 is 19.2 Å². The molecule has 1 aromatic heterocycles. The SMILES string of the molecule is CC[C@@]1(N2CCOCC2)C[C@@]2(O)C(=[N+]1[O-])CCc1nonc12. The van der Waals surface area contributed by atoms with E-state index in [2.05, 4.69) is 15.2 Å². The molecular weight excluding hydrogens is 288 g/mol. The maximum Gasteiger partial charge on any atom is 0.232 e. The zero-order valence-corrected chi connectivity index (χ0v) is 12.6. The van der Waals surface area contributed by atoms with Crippen LogP contribution in [0.25, 0.3) is 0 Å². The van der Waals surface area contributed by atoms with E-state index in [-0.39, 0.29) is 0 Å². The Morgan fingerprint density at radius 2 is 2.09 bits per heavy atom. The predicted molar refractivity (Wildman–Crippen MR) is 75.2 cm³/mol. The number of fused-ring (bicyclic) bond motifs is 3. The summed E-state index contributed by atoms with van der Waals surface area (Å²) in [5.74, 6) is 0. The second kappa shape index (κ2) is 4.74. The fourth-order valence-electron chi connectivity index (χ4n) is 4.17. The van der Waals surface area contributed by atoms with Crippen LogP contribution in [0.3, 0.4) is 0 Å². The van der Waals surface area contributed by atoms with E-state index in [1.165, 1.54) is 0 Å². The van der Waals surface area contributed by atoms with Gasteiger partial charge in [0.05, 0.1) is 19.6 Å². The van der Waals surface area contributed by atoms with E-state index in [9.17, 15) is 10.3 Å². The number of aromatic nitrogens is 2. The molecule has 0 aromatic carbocycles. The first-order valence-electron chi connectivity index (χ1n) is 7.82. The molecule has 3 aliphatic rings. The van der Waals surface area contributed by atoms with Gasteiger partial charge in [0.2, 0.25) is 17.0 Å². The Labute approximate surface area is 127 Å². The van der Waals surface area contributed by atoms with Crippen molar-refractivity contribution in [3.63, 3.8) is 0 Å². The van der Waals surface area contributed by atoms with Crippen molar-refractivity contribution >= 4 is 5.71 Å². The number of hydrogen-bond donors (Lipinski definition) is 1. The lowest BCUT2D eigenvalue weighted by molar-refractivity contribution is -0.578. The number of ether oxygens (including phenoxy) is 1. The number of hydrogen-bond acceptors (Lipinski definition) is 7. The topological polar surface area (TPSA) is 97.7 Å². The molecule has 1 aliphatic carbocycles. The third-order valence-electron chi connectivity index (χ3n) is 5.35. The molecule has 3 heterocycles. The van der Waals surface area contributed by atoms with Crippen LogP contribution in [0.4, 0.5) is 0 Å². The molecule has 8 heteroatoms. The van der Waals surface area contributed by atoms with Crippen molar-refractivity contribution in [2.45, 2.75) is 43.9 Å². The molecule has 0 saturated carbocycles. The molecule has 1 aromatic rings. The van der Waals surface area contributed by atoms with E-state index in [4.69, 9.17) is 9.37 Å². The van der Waals surface area contributed by atoms with Crippen LogP contribution in [0.1, 0.15) is 37.6 Å². The number of rotatable bonds is 2. The van der Waals surface area contributed by atoms with Crippen LogP contribution in [0.5, 0.6) is 0 Å². The van der Waals surface area contributed by atoms with E-state index in [1.54, 1.807) is 0 Å².